The maximum atomic E-state index is 13.3. The zero-order valence-electron chi connectivity index (χ0n) is 17.4. The molecule has 0 aromatic carbocycles. The van der Waals surface area contributed by atoms with Gasteiger partial charge in [0, 0.05) is 42.9 Å². The van der Waals surface area contributed by atoms with E-state index in [4.69, 9.17) is 14.2 Å². The number of carbonyl (C=O) groups is 4. The van der Waals surface area contributed by atoms with Gasteiger partial charge in [-0.2, -0.15) is 0 Å². The third-order valence-electron chi connectivity index (χ3n) is 8.18. The van der Waals surface area contributed by atoms with E-state index in [1.54, 1.807) is 0 Å². The molecule has 6 unspecified atom stereocenters. The van der Waals surface area contributed by atoms with Crippen LogP contribution in [-0.4, -0.2) is 42.0 Å². The van der Waals surface area contributed by atoms with Gasteiger partial charge in [-0.05, 0) is 17.8 Å². The van der Waals surface area contributed by atoms with Gasteiger partial charge in [-0.25, -0.2) is 0 Å². The van der Waals surface area contributed by atoms with Gasteiger partial charge in [-0.1, -0.05) is 27.7 Å². The molecule has 0 heterocycles. The molecular formula is C21H28O7. The summed E-state index contributed by atoms with van der Waals surface area (Å²) in [5.41, 5.74) is -1.72. The topological polar surface area (TPSA) is 96.0 Å². The number of carbonyl (C=O) groups excluding carboxylic acids is 4. The van der Waals surface area contributed by atoms with Crippen molar-refractivity contribution in [3.63, 3.8) is 0 Å². The highest BCUT2D eigenvalue weighted by Crippen LogP contribution is 2.89. The van der Waals surface area contributed by atoms with Crippen LogP contribution < -0.4 is 0 Å². The van der Waals surface area contributed by atoms with Crippen LogP contribution in [0.1, 0.15) is 48.5 Å². The van der Waals surface area contributed by atoms with Gasteiger partial charge in [-0.3, -0.25) is 19.2 Å². The Hall–Kier alpha value is -1.92. The Labute approximate surface area is 164 Å². The Balaban J connectivity index is 1.92. The molecule has 0 aromatic heterocycles. The summed E-state index contributed by atoms with van der Waals surface area (Å²) >= 11 is 0. The Morgan fingerprint density at radius 1 is 0.786 bits per heavy atom. The molecular weight excluding hydrogens is 364 g/mol. The monoisotopic (exact) mass is 392 g/mol. The highest BCUT2D eigenvalue weighted by atomic mass is 16.6. The molecule has 0 radical (unpaired) electrons. The van der Waals surface area contributed by atoms with Crippen LogP contribution in [0.15, 0.2) is 0 Å². The van der Waals surface area contributed by atoms with Crippen molar-refractivity contribution in [1.29, 1.82) is 0 Å². The van der Waals surface area contributed by atoms with Crippen molar-refractivity contribution in [1.82, 2.24) is 0 Å². The highest BCUT2D eigenvalue weighted by molar-refractivity contribution is 5.99. The quantitative estimate of drug-likeness (QED) is 0.535. The molecule has 6 bridgehead atoms. The minimum Gasteiger partial charge on any atom is -0.458 e. The molecule has 5 rings (SSSR count). The number of hydrogen-bond donors (Lipinski definition) is 0. The van der Waals surface area contributed by atoms with Crippen LogP contribution in [0.4, 0.5) is 0 Å². The Morgan fingerprint density at radius 2 is 1.29 bits per heavy atom. The molecule has 5 aliphatic rings. The molecule has 0 aliphatic heterocycles. The summed E-state index contributed by atoms with van der Waals surface area (Å²) in [6.07, 6.45) is -2.63. The molecule has 9 atom stereocenters. The van der Waals surface area contributed by atoms with E-state index < -0.39 is 52.5 Å². The number of esters is 3. The van der Waals surface area contributed by atoms with Gasteiger partial charge in [0.15, 0.2) is 6.10 Å². The molecule has 7 nitrogen and oxygen atoms in total. The van der Waals surface area contributed by atoms with Crippen LogP contribution in [0.3, 0.4) is 0 Å². The minimum absolute atomic E-state index is 0.0250. The van der Waals surface area contributed by atoms with Crippen molar-refractivity contribution < 1.29 is 33.4 Å². The summed E-state index contributed by atoms with van der Waals surface area (Å²) in [4.78, 5) is 49.2. The fourth-order valence-corrected chi connectivity index (χ4v) is 7.50. The lowest BCUT2D eigenvalue weighted by molar-refractivity contribution is -0.204. The standard InChI is InChI=1S/C21H28O7/c1-8(22)26-14-17(27-9(2)23)19(4,5)11-12-15-20(12,6)16(25)13(11)21(15,7)18(14)28-10(3)24/h11-15,17-18H,1-7H3/t11?,12?,13?,14-,15?,17-,18-,20?,21?/m1/s1. The molecule has 28 heavy (non-hydrogen) atoms. The normalized spacial score (nSPS) is 49.2. The van der Waals surface area contributed by atoms with Crippen LogP contribution >= 0.6 is 0 Å². The van der Waals surface area contributed by atoms with Crippen LogP contribution in [0.5, 0.6) is 0 Å². The summed E-state index contributed by atoms with van der Waals surface area (Å²) in [5.74, 6) is -1.47. The van der Waals surface area contributed by atoms with E-state index in [0.29, 0.717) is 0 Å². The van der Waals surface area contributed by atoms with Gasteiger partial charge in [0.1, 0.15) is 18.0 Å². The average molecular weight is 392 g/mol. The Kier molecular flexibility index (Phi) is 3.71. The fraction of sp³-hybridized carbons (Fsp3) is 0.810. The van der Waals surface area contributed by atoms with E-state index in [9.17, 15) is 19.2 Å². The first-order valence-electron chi connectivity index (χ1n) is 9.86. The smallest absolute Gasteiger partial charge is 0.303 e. The summed E-state index contributed by atoms with van der Waals surface area (Å²) in [7, 11) is 0. The van der Waals surface area contributed by atoms with Crippen molar-refractivity contribution in [2.24, 2.45) is 39.9 Å². The predicted octanol–water partition coefficient (Wildman–Crippen LogP) is 1.91. The van der Waals surface area contributed by atoms with E-state index in [2.05, 4.69) is 0 Å². The van der Waals surface area contributed by atoms with E-state index >= 15 is 0 Å². The third-order valence-corrected chi connectivity index (χ3v) is 8.18. The molecule has 5 saturated carbocycles. The summed E-state index contributed by atoms with van der Waals surface area (Å²) < 4.78 is 17.1. The van der Waals surface area contributed by atoms with Gasteiger partial charge in [0.25, 0.3) is 0 Å². The van der Waals surface area contributed by atoms with Gasteiger partial charge in [0.2, 0.25) is 0 Å². The molecule has 5 fully saturated rings. The summed E-state index contributed by atoms with van der Waals surface area (Å²) in [5, 5.41) is 0. The lowest BCUT2D eigenvalue weighted by Crippen LogP contribution is -2.55. The second-order valence-corrected chi connectivity index (χ2v) is 9.98. The van der Waals surface area contributed by atoms with E-state index in [-0.39, 0.29) is 29.5 Å². The number of ether oxygens (including phenoxy) is 3. The lowest BCUT2D eigenvalue weighted by atomic mass is 9.68. The van der Waals surface area contributed by atoms with Gasteiger partial charge >= 0.3 is 17.9 Å². The maximum Gasteiger partial charge on any atom is 0.303 e. The molecule has 0 aromatic rings. The third kappa shape index (κ3) is 2.00. The SMILES string of the molecule is CC(=O)O[C@@H]1[C@@H](OC(C)=O)C(C)(C)C2C3C4C3(C)C(=O)C2C4(C)[C@@H]1OC(C)=O. The van der Waals surface area contributed by atoms with Crippen LogP contribution in [0, 0.1) is 39.9 Å². The van der Waals surface area contributed by atoms with Gasteiger partial charge < -0.3 is 14.2 Å². The van der Waals surface area contributed by atoms with Crippen LogP contribution in [0.2, 0.25) is 0 Å². The second-order valence-electron chi connectivity index (χ2n) is 9.98. The fourth-order valence-electron chi connectivity index (χ4n) is 7.50. The number of rotatable bonds is 3. The van der Waals surface area contributed by atoms with E-state index in [0.717, 1.165) is 0 Å². The van der Waals surface area contributed by atoms with Crippen molar-refractivity contribution in [3.05, 3.63) is 0 Å². The van der Waals surface area contributed by atoms with Crippen molar-refractivity contribution >= 4 is 23.7 Å². The maximum absolute atomic E-state index is 13.3. The molecule has 5 aliphatic carbocycles. The zero-order chi connectivity index (χ0) is 21.0. The first kappa shape index (κ1) is 19.4. The first-order chi connectivity index (χ1) is 12.8. The molecule has 0 saturated heterocycles. The molecule has 0 N–H and O–H groups in total. The van der Waals surface area contributed by atoms with Crippen molar-refractivity contribution in [2.75, 3.05) is 0 Å². The zero-order valence-corrected chi connectivity index (χ0v) is 17.4. The average Bonchev–Trinajstić information content (AvgIpc) is 2.88. The number of Topliss-reactive ketones (excluding diaryl/α,β-unsaturated/α-hetero) is 1. The Bertz CT molecular complexity index is 801. The second kappa shape index (κ2) is 5.36. The first-order valence-corrected chi connectivity index (χ1v) is 9.86. The lowest BCUT2D eigenvalue weighted by Gasteiger charge is -2.43. The predicted molar refractivity (Wildman–Crippen MR) is 95.6 cm³/mol. The molecule has 0 amide bonds. The largest absolute Gasteiger partial charge is 0.458 e. The minimum atomic E-state index is -0.963. The van der Waals surface area contributed by atoms with E-state index in [1.165, 1.54) is 20.8 Å². The Morgan fingerprint density at radius 3 is 1.75 bits per heavy atom. The molecule has 0 spiro atoms. The van der Waals surface area contributed by atoms with E-state index in [1.807, 2.05) is 27.7 Å². The van der Waals surface area contributed by atoms with Crippen molar-refractivity contribution in [2.45, 2.75) is 66.8 Å². The van der Waals surface area contributed by atoms with Crippen LogP contribution in [-0.2, 0) is 33.4 Å². The highest BCUT2D eigenvalue weighted by Gasteiger charge is 2.94. The summed E-state index contributed by atoms with van der Waals surface area (Å²) in [6, 6.07) is 0. The van der Waals surface area contributed by atoms with Gasteiger partial charge in [-0.15, -0.1) is 0 Å². The molecule has 7 heteroatoms. The van der Waals surface area contributed by atoms with Crippen molar-refractivity contribution in [3.8, 4) is 0 Å². The summed E-state index contributed by atoms with van der Waals surface area (Å²) in [6.45, 7) is 11.8. The van der Waals surface area contributed by atoms with Gasteiger partial charge in [0.05, 0.1) is 0 Å². The van der Waals surface area contributed by atoms with Crippen LogP contribution in [0.25, 0.3) is 0 Å². The number of ketones is 1. The molecule has 154 valence electrons. The number of hydrogen-bond acceptors (Lipinski definition) is 7.